The van der Waals surface area contributed by atoms with Gasteiger partial charge in [0.1, 0.15) is 17.9 Å². The number of hydrogen-bond donors (Lipinski definition) is 1. The quantitative estimate of drug-likeness (QED) is 0.795. The van der Waals surface area contributed by atoms with Crippen molar-refractivity contribution in [2.24, 2.45) is 5.92 Å². The molecule has 0 radical (unpaired) electrons. The molecule has 1 aliphatic rings. The van der Waals surface area contributed by atoms with Crippen LogP contribution < -0.4 is 0 Å². The number of ether oxygens (including phenoxy) is 3. The first-order valence-corrected chi connectivity index (χ1v) is 7.26. The molecule has 1 saturated heterocycles. The second-order valence-electron chi connectivity index (χ2n) is 7.05. The zero-order valence-corrected chi connectivity index (χ0v) is 14.4. The predicted molar refractivity (Wildman–Crippen MR) is 79.1 cm³/mol. The van der Waals surface area contributed by atoms with E-state index in [4.69, 9.17) is 14.2 Å². The van der Waals surface area contributed by atoms with Crippen LogP contribution in [-0.2, 0) is 19.0 Å². The minimum Gasteiger partial charge on any atom is -0.467 e. The summed E-state index contributed by atoms with van der Waals surface area (Å²) in [7, 11) is 2.69. The van der Waals surface area contributed by atoms with Crippen LogP contribution in [0.25, 0.3) is 0 Å². The van der Waals surface area contributed by atoms with Crippen molar-refractivity contribution in [1.29, 1.82) is 0 Å². The number of methoxy groups -OCH3 is 2. The van der Waals surface area contributed by atoms with Crippen LogP contribution in [0.3, 0.4) is 0 Å². The first-order valence-electron chi connectivity index (χ1n) is 7.26. The van der Waals surface area contributed by atoms with E-state index in [1.54, 1.807) is 34.6 Å². The van der Waals surface area contributed by atoms with Crippen LogP contribution in [0.4, 0.5) is 4.79 Å². The summed E-state index contributed by atoms with van der Waals surface area (Å²) in [4.78, 5) is 25.7. The van der Waals surface area contributed by atoms with Crippen molar-refractivity contribution in [3.8, 4) is 0 Å². The molecule has 128 valence electrons. The molecule has 1 aliphatic heterocycles. The molecular weight excluding hydrogens is 290 g/mol. The van der Waals surface area contributed by atoms with Crippen LogP contribution >= 0.6 is 0 Å². The van der Waals surface area contributed by atoms with Gasteiger partial charge >= 0.3 is 12.1 Å². The number of rotatable bonds is 3. The maximum Gasteiger partial charge on any atom is 0.413 e. The van der Waals surface area contributed by atoms with Crippen molar-refractivity contribution >= 4 is 12.1 Å². The van der Waals surface area contributed by atoms with Crippen LogP contribution in [0.1, 0.15) is 41.0 Å². The molecule has 0 aromatic heterocycles. The van der Waals surface area contributed by atoms with Gasteiger partial charge in [0.05, 0.1) is 12.7 Å². The minimum absolute atomic E-state index is 0.244. The van der Waals surface area contributed by atoms with Crippen molar-refractivity contribution in [1.82, 2.24) is 4.90 Å². The average Bonchev–Trinajstić information content (AvgIpc) is 2.74. The lowest BCUT2D eigenvalue weighted by Crippen LogP contribution is -2.50. The molecule has 0 bridgehead atoms. The summed E-state index contributed by atoms with van der Waals surface area (Å²) in [6.45, 7) is 8.46. The lowest BCUT2D eigenvalue weighted by atomic mass is 9.87. The van der Waals surface area contributed by atoms with Crippen LogP contribution in [0, 0.1) is 5.92 Å². The number of likely N-dealkylation sites (tertiary alicyclic amines) is 1. The fraction of sp³-hybridized carbons (Fsp3) is 0.867. The first-order chi connectivity index (χ1) is 9.92. The number of amides is 1. The Morgan fingerprint density at radius 1 is 1.14 bits per heavy atom. The largest absolute Gasteiger partial charge is 0.467 e. The van der Waals surface area contributed by atoms with Crippen molar-refractivity contribution in [2.45, 2.75) is 64.5 Å². The Morgan fingerprint density at radius 3 is 2.05 bits per heavy atom. The standard InChI is InChI=1S/C15H27NO6/c1-14(2,3)22-13(18)16-10(12(17)21-7)8-9(11(16)20-6)15(4,5)19/h9-11,19H,8H2,1-7H3/t9-,10+,11?/m1/s1. The van der Waals surface area contributed by atoms with Gasteiger partial charge < -0.3 is 19.3 Å². The highest BCUT2D eigenvalue weighted by Crippen LogP contribution is 2.38. The van der Waals surface area contributed by atoms with Gasteiger partial charge in [-0.1, -0.05) is 0 Å². The first kappa shape index (κ1) is 18.7. The molecule has 1 rings (SSSR count). The maximum absolute atomic E-state index is 12.5. The Morgan fingerprint density at radius 2 is 1.68 bits per heavy atom. The highest BCUT2D eigenvalue weighted by molar-refractivity contribution is 5.82. The van der Waals surface area contributed by atoms with E-state index in [9.17, 15) is 14.7 Å². The second kappa shape index (κ2) is 6.42. The highest BCUT2D eigenvalue weighted by Gasteiger charge is 2.53. The molecule has 0 saturated carbocycles. The minimum atomic E-state index is -1.12. The molecule has 1 unspecified atom stereocenters. The van der Waals surface area contributed by atoms with Gasteiger partial charge in [0.15, 0.2) is 0 Å². The number of aliphatic hydroxyl groups is 1. The van der Waals surface area contributed by atoms with Gasteiger partial charge in [0.2, 0.25) is 0 Å². The van der Waals surface area contributed by atoms with Gasteiger partial charge in [-0.2, -0.15) is 0 Å². The molecule has 1 amide bonds. The summed E-state index contributed by atoms with van der Waals surface area (Å²) in [6, 6.07) is -0.846. The number of esters is 1. The van der Waals surface area contributed by atoms with Gasteiger partial charge in [-0.3, -0.25) is 4.90 Å². The molecule has 0 aliphatic carbocycles. The molecule has 7 nitrogen and oxygen atoms in total. The summed E-state index contributed by atoms with van der Waals surface area (Å²) in [5.74, 6) is -0.992. The molecule has 0 aromatic rings. The van der Waals surface area contributed by atoms with E-state index in [0.717, 1.165) is 0 Å². The van der Waals surface area contributed by atoms with Crippen LogP contribution in [-0.4, -0.2) is 59.8 Å². The van der Waals surface area contributed by atoms with Crippen molar-refractivity contribution in [2.75, 3.05) is 14.2 Å². The van der Waals surface area contributed by atoms with Crippen LogP contribution in [0.15, 0.2) is 0 Å². The molecule has 1 heterocycles. The third kappa shape index (κ3) is 4.10. The average molecular weight is 317 g/mol. The highest BCUT2D eigenvalue weighted by atomic mass is 16.6. The van der Waals surface area contributed by atoms with E-state index in [2.05, 4.69) is 0 Å². The summed E-state index contributed by atoms with van der Waals surface area (Å²) >= 11 is 0. The van der Waals surface area contributed by atoms with Gasteiger partial charge in [0.25, 0.3) is 0 Å². The molecule has 3 atom stereocenters. The summed E-state index contributed by atoms with van der Waals surface area (Å²) in [6.07, 6.45) is -1.19. The Bertz CT molecular complexity index is 423. The Balaban J connectivity index is 3.15. The van der Waals surface area contributed by atoms with E-state index in [1.165, 1.54) is 19.1 Å². The molecule has 1 N–H and O–H groups in total. The van der Waals surface area contributed by atoms with E-state index >= 15 is 0 Å². The van der Waals surface area contributed by atoms with Crippen molar-refractivity contribution in [3.63, 3.8) is 0 Å². The number of nitrogens with zero attached hydrogens (tertiary/aromatic N) is 1. The Kier molecular flexibility index (Phi) is 5.46. The second-order valence-corrected chi connectivity index (χ2v) is 7.05. The zero-order chi connectivity index (χ0) is 17.3. The van der Waals surface area contributed by atoms with Gasteiger partial charge in [-0.25, -0.2) is 9.59 Å². The Hall–Kier alpha value is -1.34. The van der Waals surface area contributed by atoms with Gasteiger partial charge in [0, 0.05) is 13.0 Å². The summed E-state index contributed by atoms with van der Waals surface area (Å²) in [5, 5.41) is 10.3. The fourth-order valence-electron chi connectivity index (χ4n) is 2.65. The van der Waals surface area contributed by atoms with Crippen molar-refractivity contribution < 1.29 is 28.9 Å². The number of hydrogen-bond acceptors (Lipinski definition) is 6. The molecular formula is C15H27NO6. The van der Waals surface area contributed by atoms with Gasteiger partial charge in [-0.05, 0) is 41.0 Å². The lowest BCUT2D eigenvalue weighted by Gasteiger charge is -2.34. The molecule has 0 aromatic carbocycles. The maximum atomic E-state index is 12.5. The SMILES string of the molecule is COC(=O)[C@@H]1C[C@@H](C(C)(C)O)C(OC)N1C(=O)OC(C)(C)C. The third-order valence-electron chi connectivity index (χ3n) is 3.66. The van der Waals surface area contributed by atoms with E-state index in [1.807, 2.05) is 0 Å². The number of carbonyl (C=O) groups is 2. The fourth-order valence-corrected chi connectivity index (χ4v) is 2.65. The van der Waals surface area contributed by atoms with E-state index in [0.29, 0.717) is 0 Å². The topological polar surface area (TPSA) is 85.3 Å². The monoisotopic (exact) mass is 317 g/mol. The summed E-state index contributed by atoms with van der Waals surface area (Å²) < 4.78 is 15.5. The number of carbonyl (C=O) groups excluding carboxylic acids is 2. The summed E-state index contributed by atoms with van der Waals surface area (Å²) in [5.41, 5.74) is -1.83. The van der Waals surface area contributed by atoms with E-state index in [-0.39, 0.29) is 6.42 Å². The molecule has 7 heteroatoms. The Labute approximate surface area is 131 Å². The lowest BCUT2D eigenvalue weighted by molar-refractivity contribution is -0.149. The normalized spacial score (nSPS) is 26.0. The van der Waals surface area contributed by atoms with Crippen molar-refractivity contribution in [3.05, 3.63) is 0 Å². The molecule has 1 fully saturated rings. The predicted octanol–water partition coefficient (Wildman–Crippen LogP) is 1.53. The molecule has 22 heavy (non-hydrogen) atoms. The van der Waals surface area contributed by atoms with Gasteiger partial charge in [-0.15, -0.1) is 0 Å². The van der Waals surface area contributed by atoms with Crippen LogP contribution in [0.2, 0.25) is 0 Å². The van der Waals surface area contributed by atoms with Crippen LogP contribution in [0.5, 0.6) is 0 Å². The zero-order valence-electron chi connectivity index (χ0n) is 14.4. The smallest absolute Gasteiger partial charge is 0.413 e. The molecule has 0 spiro atoms. The third-order valence-corrected chi connectivity index (χ3v) is 3.66. The van der Waals surface area contributed by atoms with E-state index < -0.39 is 41.5 Å².